The molecule has 3 fully saturated rings. The zero-order chi connectivity index (χ0) is 30.1. The van der Waals surface area contributed by atoms with E-state index in [9.17, 15) is 4.39 Å². The molecular weight excluding hydrogens is 545 g/mol. The van der Waals surface area contributed by atoms with Crippen LogP contribution in [0.5, 0.6) is 0 Å². The molecule has 234 valence electrons. The highest BCUT2D eigenvalue weighted by atomic mass is 35.5. The minimum atomic E-state index is -0.551. The largest absolute Gasteiger partial charge is 0.399 e. The van der Waals surface area contributed by atoms with Crippen LogP contribution < -0.4 is 10.6 Å². The lowest BCUT2D eigenvalue weighted by Gasteiger charge is -2.30. The second-order valence-electron chi connectivity index (χ2n) is 12.8. The van der Waals surface area contributed by atoms with Crippen molar-refractivity contribution in [3.63, 3.8) is 0 Å². The van der Waals surface area contributed by atoms with E-state index in [1.165, 1.54) is 74.0 Å². The van der Waals surface area contributed by atoms with Crippen molar-refractivity contribution in [3.8, 4) is 0 Å². The average molecular weight is 600 g/mol. The molecule has 3 atom stereocenters. The van der Waals surface area contributed by atoms with Crippen LogP contribution in [0.2, 0.25) is 5.02 Å². The number of nitrogen functional groups attached to an aromatic ring is 1. The molecule has 0 amide bonds. The van der Waals surface area contributed by atoms with E-state index in [1.807, 2.05) is 26.0 Å². The van der Waals surface area contributed by atoms with Crippen LogP contribution in [0.25, 0.3) is 0 Å². The van der Waals surface area contributed by atoms with Crippen molar-refractivity contribution in [1.29, 1.82) is 0 Å². The average Bonchev–Trinajstić information content (AvgIpc) is 3.32. The van der Waals surface area contributed by atoms with E-state index < -0.39 is 6.17 Å². The first-order chi connectivity index (χ1) is 20.3. The van der Waals surface area contributed by atoms with Crippen LogP contribution in [-0.2, 0) is 25.7 Å². The van der Waals surface area contributed by atoms with E-state index in [2.05, 4.69) is 29.7 Å². The van der Waals surface area contributed by atoms with Gasteiger partial charge in [0.25, 0.3) is 0 Å². The number of halogens is 2. The predicted molar refractivity (Wildman–Crippen MR) is 176 cm³/mol. The molecule has 4 aliphatic rings. The molecule has 0 saturated carbocycles. The molecule has 0 spiro atoms. The van der Waals surface area contributed by atoms with Gasteiger partial charge in [-0.05, 0) is 108 Å². The van der Waals surface area contributed by atoms with E-state index in [-0.39, 0.29) is 5.54 Å². The van der Waals surface area contributed by atoms with Gasteiger partial charge in [0.2, 0.25) is 0 Å². The molecule has 3 aliphatic heterocycles. The van der Waals surface area contributed by atoms with E-state index in [0.717, 1.165) is 74.7 Å². The lowest BCUT2D eigenvalue weighted by Crippen LogP contribution is -2.34. The molecule has 1 aromatic carbocycles. The predicted octanol–water partition coefficient (Wildman–Crippen LogP) is 8.39. The zero-order valence-electron chi connectivity index (χ0n) is 26.7. The SMILES string of the molecule is CC.CC12CCCN1CC(F)C2.CCc1nc2c(c(N3CCCCCC3)n1)CCC(CCCc1ccc(N)cc1Cl)C2. The van der Waals surface area contributed by atoms with Gasteiger partial charge in [-0.2, -0.15) is 0 Å². The number of anilines is 2. The minimum absolute atomic E-state index is 0.236. The van der Waals surface area contributed by atoms with Gasteiger partial charge in [0.1, 0.15) is 17.8 Å². The van der Waals surface area contributed by atoms with Gasteiger partial charge in [-0.15, -0.1) is 0 Å². The third-order valence-corrected chi connectivity index (χ3v) is 10.1. The summed E-state index contributed by atoms with van der Waals surface area (Å²) in [6.45, 7) is 12.5. The number of aryl methyl sites for hydroxylation is 2. The summed E-state index contributed by atoms with van der Waals surface area (Å²) in [4.78, 5) is 14.8. The number of nitrogens with two attached hydrogens (primary N) is 1. The van der Waals surface area contributed by atoms with Crippen molar-refractivity contribution in [2.45, 2.75) is 129 Å². The van der Waals surface area contributed by atoms with Crippen molar-refractivity contribution in [3.05, 3.63) is 45.9 Å². The molecule has 1 aromatic heterocycles. The Morgan fingerprint density at radius 3 is 2.52 bits per heavy atom. The second-order valence-corrected chi connectivity index (χ2v) is 13.3. The second kappa shape index (κ2) is 15.7. The van der Waals surface area contributed by atoms with Crippen LogP contribution in [0, 0.1) is 5.92 Å². The molecule has 7 heteroatoms. The van der Waals surface area contributed by atoms with Gasteiger partial charge in [-0.3, -0.25) is 4.90 Å². The molecule has 3 unspecified atom stereocenters. The van der Waals surface area contributed by atoms with Crippen LogP contribution in [0.3, 0.4) is 0 Å². The third-order valence-electron chi connectivity index (χ3n) is 9.75. The van der Waals surface area contributed by atoms with Gasteiger partial charge in [0.05, 0.1) is 0 Å². The first kappa shape index (κ1) is 33.0. The van der Waals surface area contributed by atoms with Gasteiger partial charge in [0.15, 0.2) is 0 Å². The van der Waals surface area contributed by atoms with Crippen LogP contribution in [0.15, 0.2) is 18.2 Å². The highest BCUT2D eigenvalue weighted by Gasteiger charge is 2.44. The van der Waals surface area contributed by atoms with Gasteiger partial charge >= 0.3 is 0 Å². The maximum Gasteiger partial charge on any atom is 0.135 e. The molecule has 2 aromatic rings. The Morgan fingerprint density at radius 1 is 1.07 bits per heavy atom. The van der Waals surface area contributed by atoms with E-state index in [4.69, 9.17) is 27.3 Å². The molecule has 6 rings (SSSR count). The van der Waals surface area contributed by atoms with Gasteiger partial charge in [-0.25, -0.2) is 14.4 Å². The lowest BCUT2D eigenvalue weighted by atomic mass is 9.83. The summed E-state index contributed by atoms with van der Waals surface area (Å²) >= 11 is 6.35. The maximum atomic E-state index is 12.8. The summed E-state index contributed by atoms with van der Waals surface area (Å²) in [7, 11) is 0. The molecule has 0 bridgehead atoms. The summed E-state index contributed by atoms with van der Waals surface area (Å²) in [5.41, 5.74) is 10.8. The molecule has 5 nitrogen and oxygen atoms in total. The van der Waals surface area contributed by atoms with Crippen LogP contribution in [-0.4, -0.2) is 52.8 Å². The fourth-order valence-electron chi connectivity index (χ4n) is 7.41. The van der Waals surface area contributed by atoms with Gasteiger partial charge in [-0.1, -0.05) is 51.3 Å². The topological polar surface area (TPSA) is 58.3 Å². The van der Waals surface area contributed by atoms with E-state index in [0.29, 0.717) is 12.5 Å². The number of alkyl halides is 1. The summed E-state index contributed by atoms with van der Waals surface area (Å²) < 4.78 is 12.8. The van der Waals surface area contributed by atoms with Gasteiger partial charge in [0, 0.05) is 53.6 Å². The standard InChI is InChI=1S/C25H35ClN4.C8H14FN.C2H6/c1-2-24-28-23-16-18(8-7-9-19-11-12-20(27)17-22(19)26)10-13-21(23)25(29-24)30-14-5-3-4-6-15-30;1-8-3-2-4-10(8)6-7(9)5-8;1-2/h11-12,17-18H,2-10,13-16,27H2,1H3;7H,2-6H2,1H3;1-2H3. The maximum absolute atomic E-state index is 12.8. The number of hydrogen-bond acceptors (Lipinski definition) is 5. The first-order valence-corrected chi connectivity index (χ1v) is 17.3. The minimum Gasteiger partial charge on any atom is -0.399 e. The summed E-state index contributed by atoms with van der Waals surface area (Å²) in [6.07, 6.45) is 15.8. The Morgan fingerprint density at radius 2 is 1.83 bits per heavy atom. The Bertz CT molecular complexity index is 1130. The molecule has 1 aliphatic carbocycles. The lowest BCUT2D eigenvalue weighted by molar-refractivity contribution is 0.217. The normalized spacial score (nSPS) is 25.4. The summed E-state index contributed by atoms with van der Waals surface area (Å²) in [5.74, 6) is 2.98. The number of nitrogens with zero attached hydrogens (tertiary/aromatic N) is 4. The van der Waals surface area contributed by atoms with Crippen LogP contribution in [0.1, 0.15) is 115 Å². The molecule has 4 heterocycles. The van der Waals surface area contributed by atoms with Gasteiger partial charge < -0.3 is 10.6 Å². The fraction of sp³-hybridized carbons (Fsp3) is 0.714. The van der Waals surface area contributed by atoms with Crippen LogP contribution >= 0.6 is 11.6 Å². The van der Waals surface area contributed by atoms with Crippen molar-refractivity contribution in [1.82, 2.24) is 14.9 Å². The molecule has 42 heavy (non-hydrogen) atoms. The zero-order valence-corrected chi connectivity index (χ0v) is 27.5. The highest BCUT2D eigenvalue weighted by molar-refractivity contribution is 6.31. The van der Waals surface area contributed by atoms with Crippen LogP contribution in [0.4, 0.5) is 15.9 Å². The van der Waals surface area contributed by atoms with E-state index in [1.54, 1.807) is 0 Å². The quantitative estimate of drug-likeness (QED) is 0.338. The van der Waals surface area contributed by atoms with Crippen molar-refractivity contribution >= 4 is 23.1 Å². The smallest absolute Gasteiger partial charge is 0.135 e. The number of aromatic nitrogens is 2. The summed E-state index contributed by atoms with van der Waals surface area (Å²) in [6, 6.07) is 5.88. The Balaban J connectivity index is 0.000000281. The highest BCUT2D eigenvalue weighted by Crippen LogP contribution is 2.39. The Labute approximate surface area is 259 Å². The van der Waals surface area contributed by atoms with Crippen molar-refractivity contribution in [2.24, 2.45) is 5.92 Å². The fourth-order valence-corrected chi connectivity index (χ4v) is 7.70. The number of fused-ring (bicyclic) bond motifs is 2. The summed E-state index contributed by atoms with van der Waals surface area (Å²) in [5, 5.41) is 0.798. The number of hydrogen-bond donors (Lipinski definition) is 1. The van der Waals surface area contributed by atoms with Crippen molar-refractivity contribution in [2.75, 3.05) is 36.8 Å². The molecule has 2 N–H and O–H groups in total. The molecule has 3 saturated heterocycles. The van der Waals surface area contributed by atoms with E-state index >= 15 is 0 Å². The molecular formula is C35H55ClFN5. The first-order valence-electron chi connectivity index (χ1n) is 16.9. The number of rotatable bonds is 6. The number of benzene rings is 1. The van der Waals surface area contributed by atoms with Crippen molar-refractivity contribution < 1.29 is 4.39 Å². The monoisotopic (exact) mass is 599 g/mol. The Hall–Kier alpha value is -1.92. The molecule has 0 radical (unpaired) electrons. The third kappa shape index (κ3) is 8.37. The Kier molecular flexibility index (Phi) is 12.3.